The third kappa shape index (κ3) is 4.14. The molecule has 0 unspecified atom stereocenters. The molecule has 1 heterocycles. The summed E-state index contributed by atoms with van der Waals surface area (Å²) in [6, 6.07) is 13.5. The third-order valence-electron chi connectivity index (χ3n) is 3.89. The molecule has 0 aromatic heterocycles. The van der Waals surface area contributed by atoms with Crippen LogP contribution < -0.4 is 15.0 Å². The van der Waals surface area contributed by atoms with Gasteiger partial charge >= 0.3 is 0 Å². The second-order valence-electron chi connectivity index (χ2n) is 5.92. The van der Waals surface area contributed by atoms with E-state index in [1.165, 1.54) is 0 Å². The molecular weight excluding hydrogens is 347 g/mol. The van der Waals surface area contributed by atoms with Gasteiger partial charge in [0.05, 0.1) is 5.02 Å². The van der Waals surface area contributed by atoms with Crippen LogP contribution in [0.1, 0.15) is 11.8 Å². The highest BCUT2D eigenvalue weighted by Crippen LogP contribution is 2.29. The Bertz CT molecular complexity index is 692. The quantitative estimate of drug-likeness (QED) is 0.862. The molecular formula is C18H20Cl2N2O2. The number of halogens is 2. The molecule has 0 saturated carbocycles. The molecule has 0 radical (unpaired) electrons. The predicted octanol–water partition coefficient (Wildman–Crippen LogP) is 4.13. The monoisotopic (exact) mass is 366 g/mol. The van der Waals surface area contributed by atoms with Crippen molar-refractivity contribution in [1.29, 1.82) is 0 Å². The lowest BCUT2D eigenvalue weighted by atomic mass is 10.2. The Morgan fingerprint density at radius 1 is 1.17 bits per heavy atom. The molecule has 4 nitrogen and oxygen atoms in total. The molecule has 0 spiro atoms. The van der Waals surface area contributed by atoms with Crippen molar-refractivity contribution >= 4 is 28.9 Å². The van der Waals surface area contributed by atoms with Crippen LogP contribution in [0.15, 0.2) is 42.5 Å². The zero-order chi connectivity index (χ0) is 17.1. The van der Waals surface area contributed by atoms with Crippen molar-refractivity contribution in [2.75, 3.05) is 32.1 Å². The van der Waals surface area contributed by atoms with Crippen molar-refractivity contribution in [3.05, 3.63) is 58.1 Å². The molecule has 2 aromatic rings. The summed E-state index contributed by atoms with van der Waals surface area (Å²) in [5.41, 5.74) is 2.26. The van der Waals surface area contributed by atoms with Gasteiger partial charge in [0.2, 0.25) is 0 Å². The molecule has 128 valence electrons. The smallest absolute Gasteiger partial charge is 0.139 e. The van der Waals surface area contributed by atoms with E-state index in [9.17, 15) is 0 Å². The van der Waals surface area contributed by atoms with Crippen LogP contribution in [0.5, 0.6) is 5.75 Å². The van der Waals surface area contributed by atoms with Crippen LogP contribution in [0.2, 0.25) is 10.0 Å². The third-order valence-corrected chi connectivity index (χ3v) is 4.44. The van der Waals surface area contributed by atoms with Crippen LogP contribution in [0.3, 0.4) is 0 Å². The van der Waals surface area contributed by atoms with E-state index in [0.29, 0.717) is 22.4 Å². The Morgan fingerprint density at radius 3 is 2.62 bits per heavy atom. The van der Waals surface area contributed by atoms with Gasteiger partial charge in [-0.1, -0.05) is 35.3 Å². The lowest BCUT2D eigenvalue weighted by Crippen LogP contribution is -2.22. The number of hydrogen-bond donors (Lipinski definition) is 1. The van der Waals surface area contributed by atoms with E-state index in [1.807, 2.05) is 14.1 Å². The predicted molar refractivity (Wildman–Crippen MR) is 98.3 cm³/mol. The van der Waals surface area contributed by atoms with Gasteiger partial charge in [-0.2, -0.15) is 0 Å². The number of benzene rings is 2. The Morgan fingerprint density at radius 2 is 1.92 bits per heavy atom. The van der Waals surface area contributed by atoms with E-state index in [2.05, 4.69) is 34.5 Å². The molecule has 1 fully saturated rings. The number of nitrogens with one attached hydrogen (secondary N) is 1. The fourth-order valence-corrected chi connectivity index (χ4v) is 2.87. The SMILES string of the molecule is CN(C)c1ccc([C@H]2NC[C@H](COc3cc(Cl)ccc3Cl)O2)cc1. The number of hydrogen-bond acceptors (Lipinski definition) is 4. The minimum Gasteiger partial charge on any atom is -0.489 e. The van der Waals surface area contributed by atoms with Crippen molar-refractivity contribution in [2.24, 2.45) is 0 Å². The molecule has 6 heteroatoms. The van der Waals surface area contributed by atoms with Crippen LogP contribution in [0, 0.1) is 0 Å². The zero-order valence-corrected chi connectivity index (χ0v) is 15.1. The summed E-state index contributed by atoms with van der Waals surface area (Å²) < 4.78 is 11.8. The van der Waals surface area contributed by atoms with E-state index in [4.69, 9.17) is 32.7 Å². The second kappa shape index (κ2) is 7.62. The second-order valence-corrected chi connectivity index (χ2v) is 6.76. The molecule has 2 aromatic carbocycles. The van der Waals surface area contributed by atoms with Gasteiger partial charge in [0.15, 0.2) is 0 Å². The first-order valence-corrected chi connectivity index (χ1v) is 8.52. The number of rotatable bonds is 5. The Labute approximate surface area is 152 Å². The van der Waals surface area contributed by atoms with Crippen LogP contribution in [0.25, 0.3) is 0 Å². The van der Waals surface area contributed by atoms with Crippen molar-refractivity contribution < 1.29 is 9.47 Å². The lowest BCUT2D eigenvalue weighted by Gasteiger charge is -2.16. The van der Waals surface area contributed by atoms with Gasteiger partial charge in [-0.15, -0.1) is 0 Å². The summed E-state index contributed by atoms with van der Waals surface area (Å²) in [6.07, 6.45) is -0.164. The first-order valence-electron chi connectivity index (χ1n) is 7.77. The lowest BCUT2D eigenvalue weighted by molar-refractivity contribution is 0.0159. The zero-order valence-electron chi connectivity index (χ0n) is 13.6. The fourth-order valence-electron chi connectivity index (χ4n) is 2.54. The normalized spacial score (nSPS) is 20.2. The van der Waals surface area contributed by atoms with E-state index < -0.39 is 0 Å². The van der Waals surface area contributed by atoms with Gasteiger partial charge in [0, 0.05) is 37.4 Å². The Hall–Kier alpha value is -1.46. The molecule has 3 rings (SSSR count). The molecule has 1 aliphatic heterocycles. The van der Waals surface area contributed by atoms with Gasteiger partial charge in [-0.25, -0.2) is 0 Å². The average Bonchev–Trinajstić information content (AvgIpc) is 3.05. The highest BCUT2D eigenvalue weighted by atomic mass is 35.5. The molecule has 1 saturated heterocycles. The number of nitrogens with zero attached hydrogens (tertiary/aromatic N) is 1. The molecule has 0 aliphatic carbocycles. The number of ether oxygens (including phenoxy) is 2. The van der Waals surface area contributed by atoms with Gasteiger partial charge < -0.3 is 14.4 Å². The first-order chi connectivity index (χ1) is 11.5. The minimum atomic E-state index is -0.121. The maximum atomic E-state index is 6.10. The van der Waals surface area contributed by atoms with Crippen molar-refractivity contribution in [3.63, 3.8) is 0 Å². The van der Waals surface area contributed by atoms with E-state index >= 15 is 0 Å². The Kier molecular flexibility index (Phi) is 5.51. The van der Waals surface area contributed by atoms with Crippen LogP contribution in [-0.4, -0.2) is 33.4 Å². The number of anilines is 1. The first kappa shape index (κ1) is 17.4. The average molecular weight is 367 g/mol. The molecule has 1 aliphatic rings. The van der Waals surface area contributed by atoms with Gasteiger partial charge in [0.25, 0.3) is 0 Å². The van der Waals surface area contributed by atoms with Crippen molar-refractivity contribution in [3.8, 4) is 5.75 Å². The fraction of sp³-hybridized carbons (Fsp3) is 0.333. The summed E-state index contributed by atoms with van der Waals surface area (Å²) in [7, 11) is 4.04. The molecule has 24 heavy (non-hydrogen) atoms. The Balaban J connectivity index is 1.56. The summed E-state index contributed by atoms with van der Waals surface area (Å²) >= 11 is 12.1. The largest absolute Gasteiger partial charge is 0.489 e. The summed E-state index contributed by atoms with van der Waals surface area (Å²) in [4.78, 5) is 2.07. The maximum Gasteiger partial charge on any atom is 0.139 e. The van der Waals surface area contributed by atoms with Crippen LogP contribution in [0.4, 0.5) is 5.69 Å². The van der Waals surface area contributed by atoms with E-state index in [-0.39, 0.29) is 12.3 Å². The topological polar surface area (TPSA) is 33.7 Å². The molecule has 0 bridgehead atoms. The van der Waals surface area contributed by atoms with Crippen LogP contribution >= 0.6 is 23.2 Å². The maximum absolute atomic E-state index is 6.10. The molecule has 2 atom stereocenters. The standard InChI is InChI=1S/C18H20Cl2N2O2/c1-22(2)14-6-3-12(4-7-14)18-21-10-15(24-18)11-23-17-9-13(19)5-8-16(17)20/h3-9,15,18,21H,10-11H2,1-2H3/t15-,18+/m1/s1. The van der Waals surface area contributed by atoms with Crippen molar-refractivity contribution in [2.45, 2.75) is 12.3 Å². The summed E-state index contributed by atoms with van der Waals surface area (Å²) in [5.74, 6) is 0.576. The van der Waals surface area contributed by atoms with Crippen molar-refractivity contribution in [1.82, 2.24) is 5.32 Å². The highest BCUT2D eigenvalue weighted by molar-refractivity contribution is 6.34. The van der Waals surface area contributed by atoms with E-state index in [1.54, 1.807) is 18.2 Å². The summed E-state index contributed by atoms with van der Waals surface area (Å²) in [5, 5.41) is 4.50. The minimum absolute atomic E-state index is 0.0430. The van der Waals surface area contributed by atoms with E-state index in [0.717, 1.165) is 17.8 Å². The van der Waals surface area contributed by atoms with Gasteiger partial charge in [-0.3, -0.25) is 5.32 Å². The highest BCUT2D eigenvalue weighted by Gasteiger charge is 2.26. The van der Waals surface area contributed by atoms with Crippen LogP contribution in [-0.2, 0) is 4.74 Å². The summed E-state index contributed by atoms with van der Waals surface area (Å²) in [6.45, 7) is 1.14. The van der Waals surface area contributed by atoms with Gasteiger partial charge in [-0.05, 0) is 29.8 Å². The molecule has 0 amide bonds. The van der Waals surface area contributed by atoms with Gasteiger partial charge in [0.1, 0.15) is 24.7 Å². The molecule has 1 N–H and O–H groups in total.